The first-order chi connectivity index (χ1) is 16.8. The molecule has 190 valence electrons. The molecular formula is C27H37N3O4S. The maximum atomic E-state index is 14.0. The maximum Gasteiger partial charge on any atom is 0.260 e. The van der Waals surface area contributed by atoms with Gasteiger partial charge in [0.15, 0.2) is 16.6 Å². The highest BCUT2D eigenvalue weighted by Crippen LogP contribution is 2.40. The third-order valence-corrected chi connectivity index (χ3v) is 6.46. The lowest BCUT2D eigenvalue weighted by molar-refractivity contribution is 0.0985. The van der Waals surface area contributed by atoms with Crippen LogP contribution in [0.15, 0.2) is 24.3 Å². The number of aromatic nitrogens is 1. The summed E-state index contributed by atoms with van der Waals surface area (Å²) in [5.41, 5.74) is 3.72. The van der Waals surface area contributed by atoms with Crippen molar-refractivity contribution in [2.75, 3.05) is 51.9 Å². The minimum Gasteiger partial charge on any atom is -0.490 e. The van der Waals surface area contributed by atoms with Crippen molar-refractivity contribution in [3.05, 3.63) is 41.0 Å². The van der Waals surface area contributed by atoms with E-state index < -0.39 is 0 Å². The highest BCUT2D eigenvalue weighted by molar-refractivity contribution is 7.22. The Labute approximate surface area is 212 Å². The molecule has 8 heteroatoms. The summed E-state index contributed by atoms with van der Waals surface area (Å²) >= 11 is 1.55. The Kier molecular flexibility index (Phi) is 9.34. The summed E-state index contributed by atoms with van der Waals surface area (Å²) in [4.78, 5) is 22.7. The zero-order valence-corrected chi connectivity index (χ0v) is 22.8. The highest BCUT2D eigenvalue weighted by Gasteiger charge is 2.25. The lowest BCUT2D eigenvalue weighted by Gasteiger charge is -2.22. The number of nitrogens with zero attached hydrogens (tertiary/aromatic N) is 3. The van der Waals surface area contributed by atoms with E-state index in [1.54, 1.807) is 28.4 Å². The molecule has 7 nitrogen and oxygen atoms in total. The van der Waals surface area contributed by atoms with E-state index in [0.717, 1.165) is 28.7 Å². The summed E-state index contributed by atoms with van der Waals surface area (Å²) in [5, 5.41) is 0.697. The van der Waals surface area contributed by atoms with Crippen LogP contribution in [0, 0.1) is 13.8 Å². The Balaban J connectivity index is 2.08. The molecule has 3 aromatic rings. The fourth-order valence-electron chi connectivity index (χ4n) is 3.97. The molecule has 0 fully saturated rings. The number of ether oxygens (including phenoxy) is 3. The fourth-order valence-corrected chi connectivity index (χ4v) is 5.14. The topological polar surface area (TPSA) is 64.1 Å². The molecule has 0 unspecified atom stereocenters. The molecule has 0 atom stereocenters. The molecule has 1 heterocycles. The molecule has 2 aromatic carbocycles. The van der Waals surface area contributed by atoms with E-state index in [0.29, 0.717) is 54.3 Å². The molecule has 0 spiro atoms. The maximum absolute atomic E-state index is 14.0. The number of carbonyl (C=O) groups is 1. The number of amides is 1. The second kappa shape index (κ2) is 12.2. The van der Waals surface area contributed by atoms with Gasteiger partial charge in [-0.3, -0.25) is 9.69 Å². The number of carbonyl (C=O) groups excluding carboxylic acids is 1. The van der Waals surface area contributed by atoms with Gasteiger partial charge in [-0.1, -0.05) is 17.4 Å². The van der Waals surface area contributed by atoms with Gasteiger partial charge in [-0.05, 0) is 91.0 Å². The number of anilines is 1. The third-order valence-electron chi connectivity index (χ3n) is 5.44. The van der Waals surface area contributed by atoms with Gasteiger partial charge >= 0.3 is 0 Å². The van der Waals surface area contributed by atoms with Crippen LogP contribution in [0.3, 0.4) is 0 Å². The van der Waals surface area contributed by atoms with Crippen molar-refractivity contribution in [1.82, 2.24) is 9.88 Å². The van der Waals surface area contributed by atoms with Crippen LogP contribution in [0.25, 0.3) is 10.2 Å². The van der Waals surface area contributed by atoms with Gasteiger partial charge in [0.05, 0.1) is 30.0 Å². The Hall–Kier alpha value is -2.84. The SMILES string of the molecule is CCOc1cc(C(=O)N(CCCN(C)C)c2nc3c(C)cc(C)cc3s2)cc(OCC)c1OCC. The number of thiazole rings is 1. The van der Waals surface area contributed by atoms with Crippen LogP contribution in [-0.2, 0) is 0 Å². The van der Waals surface area contributed by atoms with Crippen molar-refractivity contribution in [2.24, 2.45) is 0 Å². The number of benzene rings is 2. The van der Waals surface area contributed by atoms with Gasteiger partial charge in [0, 0.05) is 12.1 Å². The van der Waals surface area contributed by atoms with Crippen molar-refractivity contribution in [3.63, 3.8) is 0 Å². The summed E-state index contributed by atoms with van der Waals surface area (Å²) in [7, 11) is 4.07. The predicted octanol–water partition coefficient (Wildman–Crippen LogP) is 5.71. The molecule has 1 aromatic heterocycles. The normalized spacial score (nSPS) is 11.2. The number of fused-ring (bicyclic) bond motifs is 1. The number of hydrogen-bond donors (Lipinski definition) is 0. The van der Waals surface area contributed by atoms with E-state index in [-0.39, 0.29) is 5.91 Å². The number of rotatable bonds is 12. The van der Waals surface area contributed by atoms with Crippen LogP contribution in [-0.4, -0.2) is 62.8 Å². The summed E-state index contributed by atoms with van der Waals surface area (Å²) in [6.45, 7) is 12.6. The molecule has 0 saturated heterocycles. The Bertz CT molecular complexity index is 1130. The summed E-state index contributed by atoms with van der Waals surface area (Å²) in [5.74, 6) is 1.40. The lowest BCUT2D eigenvalue weighted by Crippen LogP contribution is -2.33. The van der Waals surface area contributed by atoms with Crippen LogP contribution < -0.4 is 19.1 Å². The van der Waals surface area contributed by atoms with E-state index in [2.05, 4.69) is 30.9 Å². The molecule has 35 heavy (non-hydrogen) atoms. The van der Waals surface area contributed by atoms with Crippen LogP contribution >= 0.6 is 11.3 Å². The molecule has 0 saturated carbocycles. The molecule has 3 rings (SSSR count). The van der Waals surface area contributed by atoms with E-state index >= 15 is 0 Å². The van der Waals surface area contributed by atoms with Gasteiger partial charge in [0.25, 0.3) is 5.91 Å². The zero-order valence-electron chi connectivity index (χ0n) is 21.9. The molecule has 0 aliphatic carbocycles. The van der Waals surface area contributed by atoms with Crippen molar-refractivity contribution in [2.45, 2.75) is 41.0 Å². The minimum atomic E-state index is -0.137. The second-order valence-electron chi connectivity index (χ2n) is 8.64. The smallest absolute Gasteiger partial charge is 0.260 e. The fraction of sp³-hybridized carbons (Fsp3) is 0.481. The predicted molar refractivity (Wildman–Crippen MR) is 144 cm³/mol. The van der Waals surface area contributed by atoms with Crippen molar-refractivity contribution >= 4 is 32.6 Å². The van der Waals surface area contributed by atoms with E-state index in [1.165, 1.54) is 5.56 Å². The lowest BCUT2D eigenvalue weighted by atomic mass is 10.1. The van der Waals surface area contributed by atoms with Crippen LogP contribution in [0.4, 0.5) is 5.13 Å². The zero-order chi connectivity index (χ0) is 25.5. The molecule has 0 N–H and O–H groups in total. The molecule has 0 aliphatic rings. The summed E-state index contributed by atoms with van der Waals surface area (Å²) < 4.78 is 18.6. The van der Waals surface area contributed by atoms with Crippen molar-refractivity contribution < 1.29 is 19.0 Å². The second-order valence-corrected chi connectivity index (χ2v) is 9.65. The first-order valence-corrected chi connectivity index (χ1v) is 13.0. The van der Waals surface area contributed by atoms with Gasteiger partial charge in [-0.15, -0.1) is 0 Å². The molecule has 1 amide bonds. The van der Waals surface area contributed by atoms with E-state index in [4.69, 9.17) is 19.2 Å². The van der Waals surface area contributed by atoms with E-state index in [9.17, 15) is 4.79 Å². The minimum absolute atomic E-state index is 0.137. The largest absolute Gasteiger partial charge is 0.490 e. The quantitative estimate of drug-likeness (QED) is 0.318. The van der Waals surface area contributed by atoms with Gasteiger partial charge in [0.1, 0.15) is 0 Å². The average molecular weight is 500 g/mol. The molecule has 0 aliphatic heterocycles. The first kappa shape index (κ1) is 26.8. The molecule has 0 bridgehead atoms. The van der Waals surface area contributed by atoms with E-state index in [1.807, 2.05) is 34.9 Å². The molecular weight excluding hydrogens is 462 g/mol. The number of aryl methyl sites for hydroxylation is 2. The highest BCUT2D eigenvalue weighted by atomic mass is 32.1. The van der Waals surface area contributed by atoms with Crippen LogP contribution in [0.2, 0.25) is 0 Å². The van der Waals surface area contributed by atoms with Crippen molar-refractivity contribution in [1.29, 1.82) is 0 Å². The van der Waals surface area contributed by atoms with Crippen molar-refractivity contribution in [3.8, 4) is 17.2 Å². The molecule has 0 radical (unpaired) electrons. The Morgan fingerprint density at radius 3 is 2.11 bits per heavy atom. The Morgan fingerprint density at radius 1 is 0.914 bits per heavy atom. The van der Waals surface area contributed by atoms with Gasteiger partial charge in [-0.2, -0.15) is 0 Å². The Morgan fingerprint density at radius 2 is 1.54 bits per heavy atom. The van der Waals surface area contributed by atoms with Crippen LogP contribution in [0.5, 0.6) is 17.2 Å². The first-order valence-electron chi connectivity index (χ1n) is 12.2. The summed E-state index contributed by atoms with van der Waals surface area (Å²) in [6.07, 6.45) is 0.820. The van der Waals surface area contributed by atoms with Gasteiger partial charge in [0.2, 0.25) is 5.75 Å². The third kappa shape index (κ3) is 6.44. The summed E-state index contributed by atoms with van der Waals surface area (Å²) in [6, 6.07) is 7.75. The average Bonchev–Trinajstić information content (AvgIpc) is 3.22. The van der Waals surface area contributed by atoms with Gasteiger partial charge in [-0.25, -0.2) is 4.98 Å². The number of hydrogen-bond acceptors (Lipinski definition) is 7. The van der Waals surface area contributed by atoms with Gasteiger partial charge < -0.3 is 19.1 Å². The van der Waals surface area contributed by atoms with Crippen LogP contribution in [0.1, 0.15) is 48.7 Å². The standard InChI is InChI=1S/C27H37N3O4S/c1-8-32-21-16-20(17-22(33-9-2)25(21)34-10-3)26(31)30(13-11-12-29(6)7)27-28-24-19(5)14-18(4)15-23(24)35-27/h14-17H,8-13H2,1-7H3. The monoisotopic (exact) mass is 499 g/mol.